The van der Waals surface area contributed by atoms with Crippen LogP contribution in [0.4, 0.5) is 0 Å². The Hall–Kier alpha value is 0.220. The summed E-state index contributed by atoms with van der Waals surface area (Å²) in [4.78, 5) is 15.4. The summed E-state index contributed by atoms with van der Waals surface area (Å²) in [7, 11) is -4.77. The molecular weight excluding hydrogens is 159 g/mol. The van der Waals surface area contributed by atoms with Crippen LogP contribution in [0.3, 0.4) is 0 Å². The monoisotopic (exact) mass is 162 g/mol. The standard InChI is InChI=1S/H3O6PS/c1-7(2,3)6-8(4)5/h(H,4,5)(H2,1,2,3). The molecule has 0 aromatic rings. The molecule has 0 heterocycles. The largest absolute Gasteiger partial charge is 0.484 e. The lowest BCUT2D eigenvalue weighted by Gasteiger charge is -1.95. The second-order valence-corrected chi connectivity index (χ2v) is 2.79. The average molecular weight is 162 g/mol. The second-order valence-electron chi connectivity index (χ2n) is 0.782. The van der Waals surface area contributed by atoms with Gasteiger partial charge in [0.25, 0.3) is 0 Å². The van der Waals surface area contributed by atoms with Gasteiger partial charge in [-0.1, -0.05) is 0 Å². The fraction of sp³-hybridized carbons (Fsp3) is 0. The molecule has 6 nitrogen and oxygen atoms in total. The third-order valence-electron chi connectivity index (χ3n) is 0.161. The van der Waals surface area contributed by atoms with E-state index in [1.165, 1.54) is 0 Å². The minimum Gasteiger partial charge on any atom is -0.302 e. The Morgan fingerprint density at radius 3 is 1.88 bits per heavy atom. The molecule has 0 fully saturated rings. The Morgan fingerprint density at radius 2 is 1.88 bits per heavy atom. The summed E-state index contributed by atoms with van der Waals surface area (Å²) >= 11 is -2.90. The third-order valence-corrected chi connectivity index (χ3v) is 1.45. The molecule has 8 heavy (non-hydrogen) atoms. The van der Waals surface area contributed by atoms with Crippen LogP contribution in [0.5, 0.6) is 0 Å². The molecule has 0 saturated carbocycles. The molecule has 8 heteroatoms. The van der Waals surface area contributed by atoms with Crippen LogP contribution in [0.25, 0.3) is 0 Å². The highest BCUT2D eigenvalue weighted by Gasteiger charge is 2.17. The van der Waals surface area contributed by atoms with Crippen LogP contribution in [0.2, 0.25) is 0 Å². The van der Waals surface area contributed by atoms with Crippen molar-refractivity contribution in [3.05, 3.63) is 0 Å². The van der Waals surface area contributed by atoms with E-state index in [-0.39, 0.29) is 0 Å². The highest BCUT2D eigenvalue weighted by atomic mass is 32.2. The molecule has 0 bridgehead atoms. The third kappa shape index (κ3) is 6.22. The number of phosphoric acid groups is 1. The van der Waals surface area contributed by atoms with Gasteiger partial charge in [0.1, 0.15) is 0 Å². The van der Waals surface area contributed by atoms with Gasteiger partial charge >= 0.3 is 19.2 Å². The molecule has 0 aliphatic carbocycles. The van der Waals surface area contributed by atoms with E-state index in [1.807, 2.05) is 0 Å². The first-order valence-corrected chi connectivity index (χ1v) is 3.84. The van der Waals surface area contributed by atoms with Gasteiger partial charge < -0.3 is 9.79 Å². The number of rotatable bonds is 2. The van der Waals surface area contributed by atoms with Gasteiger partial charge in [-0.3, -0.25) is 4.55 Å². The average Bonchev–Trinajstić information content (AvgIpc) is 1.21. The molecule has 1 atom stereocenters. The highest BCUT2D eigenvalue weighted by Crippen LogP contribution is 2.36. The molecule has 3 N–H and O–H groups in total. The maximum absolute atomic E-state index is 9.56. The van der Waals surface area contributed by atoms with E-state index in [9.17, 15) is 8.77 Å². The topological polar surface area (TPSA) is 104 Å². The minimum absolute atomic E-state index is 2.90. The van der Waals surface area contributed by atoms with E-state index in [1.54, 1.807) is 0 Å². The molecule has 0 radical (unpaired) electrons. The van der Waals surface area contributed by atoms with Gasteiger partial charge in [-0.05, 0) is 0 Å². The fourth-order valence-electron chi connectivity index (χ4n) is 0.0831. The zero-order valence-electron chi connectivity index (χ0n) is 3.42. The van der Waals surface area contributed by atoms with Crippen molar-refractivity contribution in [2.75, 3.05) is 0 Å². The molecular formula is H3O6PS. The summed E-state index contributed by atoms with van der Waals surface area (Å²) in [6.45, 7) is 0. The molecule has 1 unspecified atom stereocenters. The van der Waals surface area contributed by atoms with E-state index in [4.69, 9.17) is 14.3 Å². The summed E-state index contributed by atoms with van der Waals surface area (Å²) in [5, 5.41) is 0. The van der Waals surface area contributed by atoms with Crippen LogP contribution in [0.1, 0.15) is 0 Å². The molecule has 0 aliphatic rings. The minimum atomic E-state index is -4.77. The van der Waals surface area contributed by atoms with E-state index < -0.39 is 19.2 Å². The lowest BCUT2D eigenvalue weighted by molar-refractivity contribution is 0.282. The van der Waals surface area contributed by atoms with Crippen molar-refractivity contribution >= 4 is 19.2 Å². The van der Waals surface area contributed by atoms with Crippen LogP contribution >= 0.6 is 7.82 Å². The van der Waals surface area contributed by atoms with E-state index in [2.05, 4.69) is 3.97 Å². The normalized spacial score (nSPS) is 15.9. The first kappa shape index (κ1) is 8.22. The van der Waals surface area contributed by atoms with Crippen LogP contribution in [0.15, 0.2) is 0 Å². The van der Waals surface area contributed by atoms with Gasteiger partial charge in [-0.15, -0.1) is 0 Å². The smallest absolute Gasteiger partial charge is 0.302 e. The molecule has 0 aromatic heterocycles. The van der Waals surface area contributed by atoms with Crippen LogP contribution in [0, 0.1) is 0 Å². The van der Waals surface area contributed by atoms with Gasteiger partial charge in [-0.25, -0.2) is 4.57 Å². The van der Waals surface area contributed by atoms with E-state index in [0.717, 1.165) is 0 Å². The van der Waals surface area contributed by atoms with Crippen LogP contribution in [-0.2, 0) is 19.9 Å². The summed E-state index contributed by atoms with van der Waals surface area (Å²) in [6.07, 6.45) is 0. The predicted octanol–water partition coefficient (Wildman–Crippen LogP) is -0.768. The summed E-state index contributed by atoms with van der Waals surface area (Å²) < 4.78 is 29.8. The fourth-order valence-corrected chi connectivity index (χ4v) is 0.748. The molecule has 0 spiro atoms. The lowest BCUT2D eigenvalue weighted by Crippen LogP contribution is -1.90. The number of hydrogen-bond acceptors (Lipinski definition) is 3. The first-order valence-electron chi connectivity index (χ1n) is 1.28. The zero-order chi connectivity index (χ0) is 6.78. The van der Waals surface area contributed by atoms with Gasteiger partial charge in [0.2, 0.25) is 0 Å². The molecule has 0 aromatic carbocycles. The SMILES string of the molecule is O=S(O)OP(=O)(O)O. The van der Waals surface area contributed by atoms with Gasteiger partial charge in [-0.2, -0.15) is 8.18 Å². The van der Waals surface area contributed by atoms with Gasteiger partial charge in [0.05, 0.1) is 0 Å². The predicted molar refractivity (Wildman–Crippen MR) is 23.9 cm³/mol. The number of hydrogen-bond donors (Lipinski definition) is 3. The maximum atomic E-state index is 9.56. The van der Waals surface area contributed by atoms with Crippen molar-refractivity contribution in [3.8, 4) is 0 Å². The van der Waals surface area contributed by atoms with Gasteiger partial charge in [0.15, 0.2) is 0 Å². The van der Waals surface area contributed by atoms with Crippen molar-refractivity contribution in [1.82, 2.24) is 0 Å². The summed E-state index contributed by atoms with van der Waals surface area (Å²) in [5.41, 5.74) is 0. The Balaban J connectivity index is 3.74. The zero-order valence-corrected chi connectivity index (χ0v) is 5.13. The first-order chi connectivity index (χ1) is 3.42. The summed E-state index contributed by atoms with van der Waals surface area (Å²) in [5.74, 6) is 0. The Kier molecular flexibility index (Phi) is 2.75. The lowest BCUT2D eigenvalue weighted by atomic mass is 15.7. The quantitative estimate of drug-likeness (QED) is 0.364. The van der Waals surface area contributed by atoms with Crippen molar-refractivity contribution in [2.24, 2.45) is 0 Å². The second kappa shape index (κ2) is 2.67. The van der Waals surface area contributed by atoms with Crippen molar-refractivity contribution < 1.29 is 27.1 Å². The van der Waals surface area contributed by atoms with E-state index >= 15 is 0 Å². The van der Waals surface area contributed by atoms with Crippen LogP contribution in [-0.4, -0.2) is 18.5 Å². The van der Waals surface area contributed by atoms with E-state index in [0.29, 0.717) is 0 Å². The molecule has 50 valence electrons. The van der Waals surface area contributed by atoms with Crippen LogP contribution < -0.4 is 0 Å². The van der Waals surface area contributed by atoms with Gasteiger partial charge in [0, 0.05) is 0 Å². The molecule has 0 saturated heterocycles. The highest BCUT2D eigenvalue weighted by molar-refractivity contribution is 7.79. The van der Waals surface area contributed by atoms with Crippen molar-refractivity contribution in [2.45, 2.75) is 0 Å². The summed E-state index contributed by atoms with van der Waals surface area (Å²) in [6, 6.07) is 0. The Labute approximate surface area is 47.2 Å². The van der Waals surface area contributed by atoms with Crippen molar-refractivity contribution in [3.63, 3.8) is 0 Å². The maximum Gasteiger partial charge on any atom is 0.484 e. The molecule has 0 aliphatic heterocycles. The van der Waals surface area contributed by atoms with Crippen molar-refractivity contribution in [1.29, 1.82) is 0 Å². The molecule has 0 amide bonds. The Morgan fingerprint density at radius 1 is 1.50 bits per heavy atom. The Bertz CT molecular complexity index is 131. The molecule has 0 rings (SSSR count).